The minimum atomic E-state index is 0.693. The van der Waals surface area contributed by atoms with Gasteiger partial charge in [0.05, 0.1) is 5.69 Å². The Bertz CT molecular complexity index is 407. The average Bonchev–Trinajstić information content (AvgIpc) is 3.30. The summed E-state index contributed by atoms with van der Waals surface area (Å²) >= 11 is 0. The predicted octanol–water partition coefficient (Wildman–Crippen LogP) is 2.56. The van der Waals surface area contributed by atoms with Gasteiger partial charge < -0.3 is 5.32 Å². The van der Waals surface area contributed by atoms with Gasteiger partial charge in [0.2, 0.25) is 0 Å². The number of aromatic nitrogens is 1. The van der Waals surface area contributed by atoms with E-state index in [4.69, 9.17) is 0 Å². The SMILES string of the molecule is CC(C1CC1)N(C)Cc1ccc(CNC2CC2)cn1. The van der Waals surface area contributed by atoms with Gasteiger partial charge in [-0.1, -0.05) is 6.07 Å². The summed E-state index contributed by atoms with van der Waals surface area (Å²) in [7, 11) is 2.22. The molecule has 0 spiro atoms. The lowest BCUT2D eigenvalue weighted by Crippen LogP contribution is -2.30. The summed E-state index contributed by atoms with van der Waals surface area (Å²) in [4.78, 5) is 7.03. The van der Waals surface area contributed by atoms with Crippen LogP contribution < -0.4 is 5.32 Å². The molecule has 19 heavy (non-hydrogen) atoms. The Kier molecular flexibility index (Phi) is 3.85. The molecule has 2 aliphatic carbocycles. The lowest BCUT2D eigenvalue weighted by atomic mass is 10.2. The Labute approximate surface area is 116 Å². The number of rotatable bonds is 7. The molecule has 0 radical (unpaired) electrons. The molecule has 1 atom stereocenters. The number of nitrogens with one attached hydrogen (secondary N) is 1. The molecule has 1 heterocycles. The Morgan fingerprint density at radius 3 is 2.68 bits per heavy atom. The van der Waals surface area contributed by atoms with Crippen molar-refractivity contribution in [2.75, 3.05) is 7.05 Å². The molecule has 3 nitrogen and oxygen atoms in total. The number of nitrogens with zero attached hydrogens (tertiary/aromatic N) is 2. The van der Waals surface area contributed by atoms with Gasteiger partial charge in [0, 0.05) is 31.4 Å². The molecule has 2 fully saturated rings. The lowest BCUT2D eigenvalue weighted by Gasteiger charge is -2.24. The third kappa shape index (κ3) is 3.77. The summed E-state index contributed by atoms with van der Waals surface area (Å²) in [5, 5.41) is 3.52. The molecule has 1 N–H and O–H groups in total. The summed E-state index contributed by atoms with van der Waals surface area (Å²) in [5.74, 6) is 0.923. The average molecular weight is 259 g/mol. The fraction of sp³-hybridized carbons (Fsp3) is 0.688. The standard InChI is InChI=1S/C16H25N3/c1-12(14-4-5-14)19(2)11-16-6-3-13(10-18-16)9-17-15-7-8-15/h3,6,10,12,14-15,17H,4-5,7-9,11H2,1-2H3. The van der Waals surface area contributed by atoms with Gasteiger partial charge in [-0.2, -0.15) is 0 Å². The largest absolute Gasteiger partial charge is 0.310 e. The Morgan fingerprint density at radius 1 is 1.32 bits per heavy atom. The van der Waals surface area contributed by atoms with E-state index in [0.29, 0.717) is 6.04 Å². The first-order valence-electron chi connectivity index (χ1n) is 7.60. The Balaban J connectivity index is 1.49. The first-order chi connectivity index (χ1) is 9.22. The third-order valence-electron chi connectivity index (χ3n) is 4.47. The fourth-order valence-corrected chi connectivity index (χ4v) is 2.54. The second-order valence-electron chi connectivity index (χ2n) is 6.31. The van der Waals surface area contributed by atoms with Crippen molar-refractivity contribution in [3.05, 3.63) is 29.6 Å². The Morgan fingerprint density at radius 2 is 2.11 bits per heavy atom. The zero-order chi connectivity index (χ0) is 13.2. The fourth-order valence-electron chi connectivity index (χ4n) is 2.54. The van der Waals surface area contributed by atoms with E-state index in [1.807, 2.05) is 6.20 Å². The van der Waals surface area contributed by atoms with Crippen molar-refractivity contribution in [2.24, 2.45) is 5.92 Å². The van der Waals surface area contributed by atoms with Crippen LogP contribution in [0.1, 0.15) is 43.9 Å². The zero-order valence-corrected chi connectivity index (χ0v) is 12.1. The highest BCUT2D eigenvalue weighted by Gasteiger charge is 2.30. The van der Waals surface area contributed by atoms with E-state index in [-0.39, 0.29) is 0 Å². The third-order valence-corrected chi connectivity index (χ3v) is 4.47. The maximum atomic E-state index is 4.60. The van der Waals surface area contributed by atoms with Crippen LogP contribution in [0.15, 0.2) is 18.3 Å². The molecule has 1 unspecified atom stereocenters. The van der Waals surface area contributed by atoms with Crippen molar-refractivity contribution in [1.29, 1.82) is 0 Å². The predicted molar refractivity (Wildman–Crippen MR) is 77.8 cm³/mol. The van der Waals surface area contributed by atoms with E-state index in [2.05, 4.69) is 41.3 Å². The Hall–Kier alpha value is -0.930. The van der Waals surface area contributed by atoms with Crippen LogP contribution >= 0.6 is 0 Å². The smallest absolute Gasteiger partial charge is 0.0544 e. The quantitative estimate of drug-likeness (QED) is 0.815. The molecule has 2 aliphatic rings. The van der Waals surface area contributed by atoms with Crippen molar-refractivity contribution in [3.8, 4) is 0 Å². The van der Waals surface area contributed by atoms with Crippen molar-refractivity contribution in [1.82, 2.24) is 15.2 Å². The minimum Gasteiger partial charge on any atom is -0.310 e. The van der Waals surface area contributed by atoms with Crippen LogP contribution in [0.4, 0.5) is 0 Å². The van der Waals surface area contributed by atoms with E-state index in [9.17, 15) is 0 Å². The highest BCUT2D eigenvalue weighted by molar-refractivity contribution is 5.14. The van der Waals surface area contributed by atoms with E-state index in [0.717, 1.165) is 25.0 Å². The second-order valence-corrected chi connectivity index (χ2v) is 6.31. The zero-order valence-electron chi connectivity index (χ0n) is 12.1. The van der Waals surface area contributed by atoms with Gasteiger partial charge in [0.15, 0.2) is 0 Å². The molecule has 0 saturated heterocycles. The van der Waals surface area contributed by atoms with E-state index in [1.54, 1.807) is 0 Å². The summed E-state index contributed by atoms with van der Waals surface area (Å²) < 4.78 is 0. The first kappa shape index (κ1) is 13.1. The lowest BCUT2D eigenvalue weighted by molar-refractivity contribution is 0.224. The van der Waals surface area contributed by atoms with Gasteiger partial charge in [0.25, 0.3) is 0 Å². The molecule has 104 valence electrons. The monoisotopic (exact) mass is 259 g/mol. The molecule has 0 amide bonds. The normalized spacial score (nSPS) is 20.8. The summed E-state index contributed by atoms with van der Waals surface area (Å²) in [5.41, 5.74) is 2.48. The van der Waals surface area contributed by atoms with Crippen LogP contribution in [0.2, 0.25) is 0 Å². The van der Waals surface area contributed by atoms with Crippen molar-refractivity contribution < 1.29 is 0 Å². The van der Waals surface area contributed by atoms with Gasteiger partial charge in [-0.05, 0) is 57.2 Å². The molecular weight excluding hydrogens is 234 g/mol. The van der Waals surface area contributed by atoms with Crippen LogP contribution in [-0.2, 0) is 13.1 Å². The molecule has 2 saturated carbocycles. The molecule has 0 aromatic carbocycles. The summed E-state index contributed by atoms with van der Waals surface area (Å²) in [6, 6.07) is 5.86. The van der Waals surface area contributed by atoms with Gasteiger partial charge in [-0.3, -0.25) is 9.88 Å². The van der Waals surface area contributed by atoms with E-state index < -0.39 is 0 Å². The summed E-state index contributed by atoms with van der Waals surface area (Å²) in [6.45, 7) is 4.27. The number of hydrogen-bond donors (Lipinski definition) is 1. The van der Waals surface area contributed by atoms with Crippen molar-refractivity contribution in [3.63, 3.8) is 0 Å². The minimum absolute atomic E-state index is 0.693. The van der Waals surface area contributed by atoms with Gasteiger partial charge in [-0.25, -0.2) is 0 Å². The molecular formula is C16H25N3. The maximum absolute atomic E-state index is 4.60. The van der Waals surface area contributed by atoms with Crippen LogP contribution in [-0.4, -0.2) is 29.0 Å². The molecule has 1 aromatic heterocycles. The molecule has 1 aromatic rings. The van der Waals surface area contributed by atoms with Crippen LogP contribution in [0, 0.1) is 5.92 Å². The van der Waals surface area contributed by atoms with Gasteiger partial charge >= 0.3 is 0 Å². The maximum Gasteiger partial charge on any atom is 0.0544 e. The molecule has 3 heteroatoms. The first-order valence-corrected chi connectivity index (χ1v) is 7.60. The molecule has 3 rings (SSSR count). The van der Waals surface area contributed by atoms with Crippen LogP contribution in [0.3, 0.4) is 0 Å². The highest BCUT2D eigenvalue weighted by Crippen LogP contribution is 2.34. The van der Waals surface area contributed by atoms with E-state index in [1.165, 1.54) is 36.9 Å². The summed E-state index contributed by atoms with van der Waals surface area (Å²) in [6.07, 6.45) is 7.53. The number of hydrogen-bond acceptors (Lipinski definition) is 3. The molecule has 0 bridgehead atoms. The van der Waals surface area contributed by atoms with Crippen LogP contribution in [0.5, 0.6) is 0 Å². The van der Waals surface area contributed by atoms with Gasteiger partial charge in [-0.15, -0.1) is 0 Å². The topological polar surface area (TPSA) is 28.2 Å². The van der Waals surface area contributed by atoms with Crippen molar-refractivity contribution >= 4 is 0 Å². The van der Waals surface area contributed by atoms with Crippen LogP contribution in [0.25, 0.3) is 0 Å². The molecule has 0 aliphatic heterocycles. The second kappa shape index (κ2) is 5.59. The number of pyridine rings is 1. The van der Waals surface area contributed by atoms with Crippen molar-refractivity contribution in [2.45, 2.75) is 57.8 Å². The van der Waals surface area contributed by atoms with E-state index >= 15 is 0 Å². The van der Waals surface area contributed by atoms with Gasteiger partial charge in [0.1, 0.15) is 0 Å². The highest BCUT2D eigenvalue weighted by atomic mass is 15.1.